The first-order chi connectivity index (χ1) is 14.6. The van der Waals surface area contributed by atoms with Crippen LogP contribution in [-0.4, -0.2) is 14.5 Å². The Morgan fingerprint density at radius 1 is 1.00 bits per heavy atom. The zero-order valence-corrected chi connectivity index (χ0v) is 17.0. The van der Waals surface area contributed by atoms with Gasteiger partial charge in [0.25, 0.3) is 5.56 Å². The van der Waals surface area contributed by atoms with E-state index in [0.29, 0.717) is 27.5 Å². The van der Waals surface area contributed by atoms with E-state index in [0.717, 1.165) is 22.2 Å². The van der Waals surface area contributed by atoms with E-state index >= 15 is 0 Å². The Morgan fingerprint density at radius 3 is 2.57 bits per heavy atom. The highest BCUT2D eigenvalue weighted by Gasteiger charge is 2.18. The number of H-pyrrole nitrogens is 1. The fraction of sp³-hybridized carbons (Fsp3) is 0.0833. The first-order valence-electron chi connectivity index (χ1n) is 9.59. The van der Waals surface area contributed by atoms with Crippen LogP contribution in [0, 0.1) is 12.7 Å². The molecule has 0 fully saturated rings. The number of halogens is 1. The Hall–Kier alpha value is -3.38. The van der Waals surface area contributed by atoms with Crippen LogP contribution in [0.25, 0.3) is 27.6 Å². The summed E-state index contributed by atoms with van der Waals surface area (Å²) >= 11 is 1.36. The lowest BCUT2D eigenvalue weighted by molar-refractivity contribution is 0.617. The van der Waals surface area contributed by atoms with E-state index in [9.17, 15) is 9.18 Å². The maximum atomic E-state index is 14.2. The summed E-state index contributed by atoms with van der Waals surface area (Å²) in [5, 5.41) is 1.43. The van der Waals surface area contributed by atoms with Gasteiger partial charge in [-0.2, -0.15) is 0 Å². The monoisotopic (exact) mass is 415 g/mol. The Kier molecular flexibility index (Phi) is 4.64. The number of fused-ring (bicyclic) bond motifs is 3. The molecule has 5 rings (SSSR count). The van der Waals surface area contributed by atoms with Crippen molar-refractivity contribution < 1.29 is 4.39 Å². The number of benzene rings is 3. The molecule has 4 nitrogen and oxygen atoms in total. The standard InChI is InChI=1S/C24H18FN3OS/c1-15-8-2-7-13-20(15)28-23(29)22-21(17-10-4-6-12-19(17)26-22)27-24(28)30-14-16-9-3-5-11-18(16)25/h2-13,26H,14H2,1H3. The number of rotatable bonds is 4. The predicted molar refractivity (Wildman–Crippen MR) is 120 cm³/mol. The second kappa shape index (κ2) is 7.46. The molecule has 5 aromatic rings. The number of aryl methyl sites for hydroxylation is 1. The summed E-state index contributed by atoms with van der Waals surface area (Å²) in [6.07, 6.45) is 0. The van der Waals surface area contributed by atoms with Gasteiger partial charge in [-0.3, -0.25) is 9.36 Å². The molecule has 30 heavy (non-hydrogen) atoms. The van der Waals surface area contributed by atoms with Crippen LogP contribution >= 0.6 is 11.8 Å². The summed E-state index contributed by atoms with van der Waals surface area (Å²) in [7, 11) is 0. The molecule has 0 bridgehead atoms. The van der Waals surface area contributed by atoms with Crippen molar-refractivity contribution in [1.82, 2.24) is 14.5 Å². The van der Waals surface area contributed by atoms with Gasteiger partial charge < -0.3 is 4.98 Å². The minimum atomic E-state index is -0.261. The molecule has 0 radical (unpaired) electrons. The molecule has 2 aromatic heterocycles. The van der Waals surface area contributed by atoms with Crippen LogP contribution in [0.3, 0.4) is 0 Å². The second-order valence-electron chi connectivity index (χ2n) is 7.10. The van der Waals surface area contributed by atoms with Crippen molar-refractivity contribution in [2.75, 3.05) is 0 Å². The molecule has 3 aromatic carbocycles. The van der Waals surface area contributed by atoms with Crippen molar-refractivity contribution >= 4 is 33.7 Å². The molecule has 0 aliphatic heterocycles. The first-order valence-corrected chi connectivity index (χ1v) is 10.6. The minimum Gasteiger partial charge on any atom is -0.349 e. The molecule has 6 heteroatoms. The van der Waals surface area contributed by atoms with E-state index in [-0.39, 0.29) is 11.4 Å². The molecular formula is C24H18FN3OS. The molecule has 148 valence electrons. The SMILES string of the molecule is Cc1ccccc1-n1c(SCc2ccccc2F)nc2c([nH]c3ccccc32)c1=O. The van der Waals surface area contributed by atoms with E-state index < -0.39 is 0 Å². The minimum absolute atomic E-state index is 0.165. The number of nitrogens with zero attached hydrogens (tertiary/aromatic N) is 2. The number of para-hydroxylation sites is 2. The normalized spacial score (nSPS) is 11.4. The van der Waals surface area contributed by atoms with Gasteiger partial charge >= 0.3 is 0 Å². The third kappa shape index (κ3) is 3.09. The molecule has 0 saturated heterocycles. The highest BCUT2D eigenvalue weighted by molar-refractivity contribution is 7.98. The van der Waals surface area contributed by atoms with Gasteiger partial charge in [-0.15, -0.1) is 0 Å². The third-order valence-electron chi connectivity index (χ3n) is 5.17. The molecule has 2 heterocycles. The molecule has 0 spiro atoms. The van der Waals surface area contributed by atoms with E-state index in [1.807, 2.05) is 61.5 Å². The average Bonchev–Trinajstić information content (AvgIpc) is 3.13. The molecule has 0 saturated carbocycles. The first kappa shape index (κ1) is 18.6. The zero-order chi connectivity index (χ0) is 20.7. The van der Waals surface area contributed by atoms with Crippen LogP contribution in [0.5, 0.6) is 0 Å². The van der Waals surface area contributed by atoms with Gasteiger partial charge in [-0.1, -0.05) is 66.4 Å². The van der Waals surface area contributed by atoms with Gasteiger partial charge in [-0.25, -0.2) is 9.37 Å². The van der Waals surface area contributed by atoms with Crippen molar-refractivity contribution in [3.63, 3.8) is 0 Å². The largest absolute Gasteiger partial charge is 0.349 e. The van der Waals surface area contributed by atoms with Crippen LogP contribution < -0.4 is 5.56 Å². The average molecular weight is 415 g/mol. The number of aromatic nitrogens is 3. The Morgan fingerprint density at radius 2 is 1.73 bits per heavy atom. The topological polar surface area (TPSA) is 50.7 Å². The Labute approximate surface area is 176 Å². The van der Waals surface area contributed by atoms with Gasteiger partial charge in [-0.05, 0) is 36.2 Å². The molecule has 0 aliphatic carbocycles. The lowest BCUT2D eigenvalue weighted by Gasteiger charge is -2.14. The summed E-state index contributed by atoms with van der Waals surface area (Å²) in [5.41, 5.74) is 4.11. The smallest absolute Gasteiger partial charge is 0.283 e. The van der Waals surface area contributed by atoms with Crippen LogP contribution in [0.4, 0.5) is 4.39 Å². The third-order valence-corrected chi connectivity index (χ3v) is 6.15. The summed E-state index contributed by atoms with van der Waals surface area (Å²) in [5.74, 6) is 0.113. The number of nitrogens with one attached hydrogen (secondary N) is 1. The predicted octanol–water partition coefficient (Wildman–Crippen LogP) is 5.61. The van der Waals surface area contributed by atoms with Gasteiger partial charge in [0.1, 0.15) is 16.9 Å². The molecule has 1 N–H and O–H groups in total. The summed E-state index contributed by atoms with van der Waals surface area (Å²) in [6, 6.07) is 22.1. The van der Waals surface area contributed by atoms with Crippen molar-refractivity contribution in [3.8, 4) is 5.69 Å². The fourth-order valence-electron chi connectivity index (χ4n) is 3.62. The lowest BCUT2D eigenvalue weighted by Crippen LogP contribution is -2.22. The van der Waals surface area contributed by atoms with E-state index in [1.165, 1.54) is 17.8 Å². The molecular weight excluding hydrogens is 397 g/mol. The van der Waals surface area contributed by atoms with E-state index in [2.05, 4.69) is 4.98 Å². The van der Waals surface area contributed by atoms with Crippen LogP contribution in [0.2, 0.25) is 0 Å². The van der Waals surface area contributed by atoms with Gasteiger partial charge in [0.15, 0.2) is 5.16 Å². The molecule has 0 unspecified atom stereocenters. The van der Waals surface area contributed by atoms with Crippen molar-refractivity contribution in [3.05, 3.63) is 100 Å². The van der Waals surface area contributed by atoms with Crippen LogP contribution in [-0.2, 0) is 5.75 Å². The highest BCUT2D eigenvalue weighted by Crippen LogP contribution is 2.29. The second-order valence-corrected chi connectivity index (χ2v) is 8.04. The number of hydrogen-bond donors (Lipinski definition) is 1. The van der Waals surface area contributed by atoms with Crippen molar-refractivity contribution in [2.24, 2.45) is 0 Å². The van der Waals surface area contributed by atoms with Crippen LogP contribution in [0.15, 0.2) is 82.7 Å². The fourth-order valence-corrected chi connectivity index (χ4v) is 4.61. The van der Waals surface area contributed by atoms with E-state index in [1.54, 1.807) is 16.7 Å². The zero-order valence-electron chi connectivity index (χ0n) is 16.2. The number of aromatic amines is 1. The molecule has 0 amide bonds. The highest BCUT2D eigenvalue weighted by atomic mass is 32.2. The Bertz CT molecular complexity index is 1450. The maximum absolute atomic E-state index is 14.2. The van der Waals surface area contributed by atoms with Crippen molar-refractivity contribution in [1.29, 1.82) is 0 Å². The summed E-state index contributed by atoms with van der Waals surface area (Å²) in [4.78, 5) is 21.6. The number of thioether (sulfide) groups is 1. The molecule has 0 aliphatic rings. The Balaban J connectivity index is 1.75. The van der Waals surface area contributed by atoms with Gasteiger partial charge in [0, 0.05) is 16.7 Å². The summed E-state index contributed by atoms with van der Waals surface area (Å²) in [6.45, 7) is 1.96. The van der Waals surface area contributed by atoms with Crippen molar-refractivity contribution in [2.45, 2.75) is 17.8 Å². The quantitative estimate of drug-likeness (QED) is 0.307. The molecule has 0 atom stereocenters. The number of hydrogen-bond acceptors (Lipinski definition) is 3. The van der Waals surface area contributed by atoms with Crippen LogP contribution in [0.1, 0.15) is 11.1 Å². The lowest BCUT2D eigenvalue weighted by atomic mass is 10.2. The van der Waals surface area contributed by atoms with Gasteiger partial charge in [0.05, 0.1) is 5.69 Å². The van der Waals surface area contributed by atoms with E-state index in [4.69, 9.17) is 4.98 Å². The maximum Gasteiger partial charge on any atom is 0.283 e. The van der Waals surface area contributed by atoms with Gasteiger partial charge in [0.2, 0.25) is 0 Å². The summed E-state index contributed by atoms with van der Waals surface area (Å²) < 4.78 is 15.8.